The predicted octanol–water partition coefficient (Wildman–Crippen LogP) is 5.64. The molecule has 344 valence electrons. The molecule has 4 amide bonds. The Morgan fingerprint density at radius 3 is 1.74 bits per heavy atom. The molecule has 0 saturated carbocycles. The first-order valence-electron chi connectivity index (χ1n) is 20.9. The summed E-state index contributed by atoms with van der Waals surface area (Å²) >= 11 is 0. The number of imidazole rings is 2. The number of benzene rings is 2. The lowest BCUT2D eigenvalue weighted by atomic mass is 10.1. The van der Waals surface area contributed by atoms with Crippen LogP contribution in [0, 0.1) is 13.8 Å². The van der Waals surface area contributed by atoms with Crippen LogP contribution in [0.15, 0.2) is 48.6 Å². The van der Waals surface area contributed by atoms with E-state index in [1.807, 2.05) is 13.8 Å². The Labute approximate surface area is 374 Å². The Balaban J connectivity index is 1.38. The normalized spacial score (nSPS) is 11.6. The average molecular weight is 895 g/mol. The van der Waals surface area contributed by atoms with E-state index in [0.29, 0.717) is 65.4 Å². The number of hydrogen-bond acceptors (Lipinski definition) is 12. The lowest BCUT2D eigenvalue weighted by Gasteiger charge is -2.24. The molecule has 0 saturated heterocycles. The van der Waals surface area contributed by atoms with Gasteiger partial charge in [-0.05, 0) is 91.3 Å². The van der Waals surface area contributed by atoms with Gasteiger partial charge >= 0.3 is 12.1 Å². The number of rotatable bonds is 18. The maximum Gasteiger partial charge on any atom is 0.410 e. The second-order valence-electron chi connectivity index (χ2n) is 16.1. The number of primary amides is 1. The molecular weight excluding hydrogens is 841 g/mol. The number of nitrogens with two attached hydrogens (primary N) is 1. The molecule has 0 spiro atoms. The molecule has 0 fully saturated rings. The number of nitrogens with zero attached hydrogens (tertiary/aromatic N) is 9. The summed E-state index contributed by atoms with van der Waals surface area (Å²) < 4.78 is 23.9. The van der Waals surface area contributed by atoms with Crippen molar-refractivity contribution in [2.75, 3.05) is 37.9 Å². The number of hydrogen-bond donors (Lipinski definition) is 4. The van der Waals surface area contributed by atoms with Crippen LogP contribution in [0.5, 0.6) is 11.5 Å². The summed E-state index contributed by atoms with van der Waals surface area (Å²) in [5, 5.41) is 24.4. The number of carboxylic acid groups (broad SMARTS) is 1. The van der Waals surface area contributed by atoms with Gasteiger partial charge in [-0.15, -0.1) is 0 Å². The third kappa shape index (κ3) is 10.6. The van der Waals surface area contributed by atoms with Crippen LogP contribution in [0.3, 0.4) is 0 Å². The van der Waals surface area contributed by atoms with Crippen molar-refractivity contribution in [2.24, 2.45) is 5.73 Å². The fraction of sp³-hybridized carbons (Fsp3) is 0.386. The summed E-state index contributed by atoms with van der Waals surface area (Å²) in [5.74, 6) is -2.16. The molecule has 5 N–H and O–H groups in total. The van der Waals surface area contributed by atoms with Crippen LogP contribution in [-0.2, 0) is 30.9 Å². The molecule has 0 aliphatic heterocycles. The lowest BCUT2D eigenvalue weighted by molar-refractivity contribution is 0.0291. The molecule has 21 heteroatoms. The predicted molar refractivity (Wildman–Crippen MR) is 241 cm³/mol. The van der Waals surface area contributed by atoms with E-state index in [1.165, 1.54) is 36.3 Å². The molecule has 0 unspecified atom stereocenters. The van der Waals surface area contributed by atoms with Crippen molar-refractivity contribution in [3.63, 3.8) is 0 Å². The number of ether oxygens (including phenoxy) is 3. The molecule has 65 heavy (non-hydrogen) atoms. The number of amides is 4. The molecule has 6 rings (SSSR count). The fourth-order valence-electron chi connectivity index (χ4n) is 7.08. The minimum Gasteiger partial charge on any atom is -0.494 e. The molecular formula is C44H54N12O9. The Kier molecular flexibility index (Phi) is 13.9. The molecule has 0 aliphatic carbocycles. The number of carbonyl (C=O) groups excluding carboxylic acids is 4. The van der Waals surface area contributed by atoms with Crippen molar-refractivity contribution in [1.82, 2.24) is 43.6 Å². The number of aromatic nitrogens is 8. The van der Waals surface area contributed by atoms with Gasteiger partial charge in [0.1, 0.15) is 39.5 Å². The van der Waals surface area contributed by atoms with Gasteiger partial charge in [-0.2, -0.15) is 10.2 Å². The van der Waals surface area contributed by atoms with E-state index in [9.17, 15) is 29.1 Å². The van der Waals surface area contributed by atoms with Gasteiger partial charge in [0.2, 0.25) is 17.8 Å². The Morgan fingerprint density at radius 2 is 1.28 bits per heavy atom. The molecule has 2 aromatic carbocycles. The van der Waals surface area contributed by atoms with E-state index >= 15 is 0 Å². The average Bonchev–Trinajstić information content (AvgIpc) is 4.01. The first-order chi connectivity index (χ1) is 30.8. The summed E-state index contributed by atoms with van der Waals surface area (Å²) in [7, 11) is 3.03. The van der Waals surface area contributed by atoms with Gasteiger partial charge in [-0.1, -0.05) is 12.2 Å². The third-order valence-corrected chi connectivity index (χ3v) is 10.0. The van der Waals surface area contributed by atoms with Crippen molar-refractivity contribution in [2.45, 2.75) is 86.7 Å². The summed E-state index contributed by atoms with van der Waals surface area (Å²) in [6.45, 7) is 14.1. The zero-order chi connectivity index (χ0) is 47.3. The van der Waals surface area contributed by atoms with Gasteiger partial charge in [0.15, 0.2) is 0 Å². The number of allylic oxidation sites excluding steroid dienone is 2. The minimum absolute atomic E-state index is 0.0570. The number of aryl methyl sites for hydroxylation is 4. The second kappa shape index (κ2) is 19.4. The first kappa shape index (κ1) is 46.8. The fourth-order valence-corrected chi connectivity index (χ4v) is 7.08. The molecule has 0 atom stereocenters. The van der Waals surface area contributed by atoms with Gasteiger partial charge in [0.25, 0.3) is 11.8 Å². The second-order valence-corrected chi connectivity index (χ2v) is 16.1. The zero-order valence-corrected chi connectivity index (χ0v) is 37.9. The highest BCUT2D eigenvalue weighted by atomic mass is 16.6. The molecule has 4 aromatic heterocycles. The SMILES string of the molecule is CCn1nc(C)cc1C(=O)Nc1nc2cc(C(=O)O)cc(OC)c2n1C/C=C/Cn1c(NC(=O)c2cc(C)nn2CC)nc2cc(C(N)=O)cc(OCCCN(C)C(=O)OC(C)(C)C)c21. The van der Waals surface area contributed by atoms with Crippen molar-refractivity contribution in [3.05, 3.63) is 82.5 Å². The third-order valence-electron chi connectivity index (χ3n) is 10.0. The highest BCUT2D eigenvalue weighted by Crippen LogP contribution is 2.33. The van der Waals surface area contributed by atoms with Gasteiger partial charge < -0.3 is 39.1 Å². The topological polar surface area (TPSA) is 258 Å². The maximum atomic E-state index is 13.8. The number of fused-ring (bicyclic) bond motifs is 2. The number of nitrogens with one attached hydrogen (secondary N) is 2. The van der Waals surface area contributed by atoms with E-state index in [0.717, 1.165) is 0 Å². The molecule has 0 radical (unpaired) electrons. The molecule has 4 heterocycles. The number of methoxy groups -OCH3 is 1. The largest absolute Gasteiger partial charge is 0.494 e. The van der Waals surface area contributed by atoms with Crippen LogP contribution in [-0.4, -0.2) is 111 Å². The molecule has 6 aromatic rings. The first-order valence-corrected chi connectivity index (χ1v) is 20.9. The zero-order valence-electron chi connectivity index (χ0n) is 37.9. The highest BCUT2D eigenvalue weighted by molar-refractivity contribution is 6.05. The van der Waals surface area contributed by atoms with Gasteiger partial charge in [-0.3, -0.25) is 34.4 Å². The summed E-state index contributed by atoms with van der Waals surface area (Å²) in [6, 6.07) is 9.10. The number of anilines is 2. The van der Waals surface area contributed by atoms with Crippen molar-refractivity contribution in [1.29, 1.82) is 0 Å². The molecule has 0 bridgehead atoms. The number of carboxylic acids is 1. The highest BCUT2D eigenvalue weighted by Gasteiger charge is 2.25. The Morgan fingerprint density at radius 1 is 0.785 bits per heavy atom. The monoisotopic (exact) mass is 894 g/mol. The number of carbonyl (C=O) groups is 5. The van der Waals surface area contributed by atoms with Crippen molar-refractivity contribution in [3.8, 4) is 11.5 Å². The van der Waals surface area contributed by atoms with Crippen LogP contribution in [0.4, 0.5) is 16.7 Å². The summed E-state index contributed by atoms with van der Waals surface area (Å²) in [6.07, 6.45) is 3.50. The van der Waals surface area contributed by atoms with Crippen molar-refractivity contribution < 1.29 is 43.3 Å². The van der Waals surface area contributed by atoms with Crippen LogP contribution in [0.2, 0.25) is 0 Å². The van der Waals surface area contributed by atoms with E-state index in [4.69, 9.17) is 24.9 Å². The Hall–Kier alpha value is -7.71. The van der Waals surface area contributed by atoms with E-state index < -0.39 is 35.4 Å². The number of aromatic carboxylic acids is 1. The Bertz CT molecular complexity index is 2820. The lowest BCUT2D eigenvalue weighted by Crippen LogP contribution is -2.35. The van der Waals surface area contributed by atoms with Crippen LogP contribution in [0.25, 0.3) is 22.1 Å². The maximum absolute atomic E-state index is 13.8. The quantitative estimate of drug-likeness (QED) is 0.0603. The summed E-state index contributed by atoms with van der Waals surface area (Å²) in [5.41, 5.74) is 8.49. The van der Waals surface area contributed by atoms with Gasteiger partial charge in [0, 0.05) is 45.3 Å². The van der Waals surface area contributed by atoms with E-state index in [-0.39, 0.29) is 59.7 Å². The van der Waals surface area contributed by atoms with E-state index in [1.54, 1.807) is 84.4 Å². The minimum atomic E-state index is -1.18. The van der Waals surface area contributed by atoms with Crippen LogP contribution < -0.4 is 25.8 Å². The van der Waals surface area contributed by atoms with Crippen LogP contribution >= 0.6 is 0 Å². The molecule has 0 aliphatic rings. The molecule has 21 nitrogen and oxygen atoms in total. The van der Waals surface area contributed by atoms with Gasteiger partial charge in [0.05, 0.1) is 41.7 Å². The van der Waals surface area contributed by atoms with Crippen LogP contribution in [0.1, 0.15) is 94.1 Å². The van der Waals surface area contributed by atoms with Gasteiger partial charge in [-0.25, -0.2) is 19.6 Å². The van der Waals surface area contributed by atoms with Crippen molar-refractivity contribution >= 4 is 63.7 Å². The van der Waals surface area contributed by atoms with E-state index in [2.05, 4.69) is 25.8 Å². The smallest absolute Gasteiger partial charge is 0.410 e. The summed E-state index contributed by atoms with van der Waals surface area (Å²) in [4.78, 5) is 75.5. The standard InChI is InChI=1S/C44H54N12O9/c1-10-55-31(19-25(3)50-55)38(58)48-41-47-30-22-28(40(60)61)24-33(63-9)35(30)53(41)16-12-13-17-54-36-29(46-42(54)49-39(59)32-20-26(4)51-56(32)11-2)21-27(37(45)57)23-34(36)64-18-14-15-52(8)43(62)65-44(5,6)7/h12-13,19-24H,10-11,14-18H2,1-9H3,(H2,45,57)(H,60,61)(H,46,49,59)(H,47,48,58)/b13-12+.